The number of rotatable bonds is 6. The van der Waals surface area contributed by atoms with E-state index in [1.165, 1.54) is 0 Å². The van der Waals surface area contributed by atoms with E-state index in [4.69, 9.17) is 10.4 Å². The Morgan fingerprint density at radius 2 is 2.12 bits per heavy atom. The molecule has 0 rings (SSSR count). The van der Waals surface area contributed by atoms with Crippen molar-refractivity contribution < 1.29 is 9.90 Å². The highest BCUT2D eigenvalue weighted by Crippen LogP contribution is 2.17. The highest BCUT2D eigenvalue weighted by Gasteiger charge is 2.29. The monoisotopic (exact) mass is 226 g/mol. The first-order valence-electron chi connectivity index (χ1n) is 5.72. The molecule has 0 aromatic carbocycles. The van der Waals surface area contributed by atoms with Gasteiger partial charge in [0.15, 0.2) is 0 Å². The van der Waals surface area contributed by atoms with Crippen molar-refractivity contribution in [3.05, 3.63) is 0 Å². The molecule has 4 heteroatoms. The average molecular weight is 226 g/mol. The Bertz CT molecular complexity index is 271. The lowest BCUT2D eigenvalue weighted by molar-refractivity contribution is -0.126. The number of aliphatic hydroxyl groups is 1. The van der Waals surface area contributed by atoms with Crippen LogP contribution in [-0.2, 0) is 4.79 Å². The zero-order chi connectivity index (χ0) is 12.8. The average Bonchev–Trinajstić information content (AvgIpc) is 2.18. The van der Waals surface area contributed by atoms with E-state index in [1.807, 2.05) is 33.8 Å². The number of carbonyl (C=O) groups excluding carboxylic acids is 1. The molecule has 2 atom stereocenters. The lowest BCUT2D eigenvalue weighted by Crippen LogP contribution is -2.49. The van der Waals surface area contributed by atoms with E-state index in [9.17, 15) is 4.79 Å². The summed E-state index contributed by atoms with van der Waals surface area (Å²) in [6, 6.07) is 2.02. The van der Waals surface area contributed by atoms with E-state index in [1.54, 1.807) is 0 Å². The molecular formula is C12H22N2O2. The molecule has 4 nitrogen and oxygen atoms in total. The molecule has 0 saturated heterocycles. The molecule has 0 heterocycles. The van der Waals surface area contributed by atoms with Gasteiger partial charge in [0, 0.05) is 12.1 Å². The number of hydrogen-bond donors (Lipinski definition) is 2. The molecule has 0 fully saturated rings. The normalized spacial score (nSPS) is 16.3. The van der Waals surface area contributed by atoms with Gasteiger partial charge >= 0.3 is 0 Å². The number of amides is 1. The predicted octanol–water partition coefficient (Wildman–Crippen LogP) is 1.45. The number of nitriles is 1. The third kappa shape index (κ3) is 4.19. The van der Waals surface area contributed by atoms with E-state index >= 15 is 0 Å². The fourth-order valence-corrected chi connectivity index (χ4v) is 1.46. The second-order valence-electron chi connectivity index (χ2n) is 4.73. The summed E-state index contributed by atoms with van der Waals surface area (Å²) in [5.74, 6) is -0.861. The number of hydrogen-bond acceptors (Lipinski definition) is 3. The lowest BCUT2D eigenvalue weighted by Gasteiger charge is -2.30. The van der Waals surface area contributed by atoms with Crippen LogP contribution in [0.15, 0.2) is 0 Å². The van der Waals surface area contributed by atoms with Gasteiger partial charge in [-0.25, -0.2) is 0 Å². The standard InChI is InChI=1S/C12H22N2O2/c1-5-12(4,6-7-15)14-11(16)10(8-13)9(2)3/h9-10,15H,5-7H2,1-4H3,(H,14,16). The van der Waals surface area contributed by atoms with Crippen LogP contribution >= 0.6 is 0 Å². The summed E-state index contributed by atoms with van der Waals surface area (Å²) in [5, 5.41) is 20.7. The third-order valence-corrected chi connectivity index (χ3v) is 2.96. The molecule has 0 aliphatic rings. The van der Waals surface area contributed by atoms with Crippen molar-refractivity contribution in [2.75, 3.05) is 6.61 Å². The van der Waals surface area contributed by atoms with Crippen LogP contribution in [0.5, 0.6) is 0 Å². The molecule has 92 valence electrons. The molecule has 2 N–H and O–H groups in total. The topological polar surface area (TPSA) is 73.1 Å². The van der Waals surface area contributed by atoms with Crippen molar-refractivity contribution in [2.45, 2.75) is 46.1 Å². The Balaban J connectivity index is 4.58. The molecule has 16 heavy (non-hydrogen) atoms. The minimum Gasteiger partial charge on any atom is -0.396 e. The fourth-order valence-electron chi connectivity index (χ4n) is 1.46. The zero-order valence-corrected chi connectivity index (χ0v) is 10.6. The van der Waals surface area contributed by atoms with Crippen molar-refractivity contribution >= 4 is 5.91 Å². The maximum Gasteiger partial charge on any atom is 0.238 e. The molecule has 0 bridgehead atoms. The van der Waals surface area contributed by atoms with E-state index in [2.05, 4.69) is 5.32 Å². The minimum atomic E-state index is -0.621. The first-order chi connectivity index (χ1) is 7.40. The summed E-state index contributed by atoms with van der Waals surface area (Å²) in [7, 11) is 0. The van der Waals surface area contributed by atoms with Crippen LogP contribution in [0.25, 0.3) is 0 Å². The minimum absolute atomic E-state index is 0.000215. The van der Waals surface area contributed by atoms with Gasteiger partial charge in [0.1, 0.15) is 5.92 Å². The Morgan fingerprint density at radius 1 is 1.56 bits per heavy atom. The summed E-state index contributed by atoms with van der Waals surface area (Å²) in [5.41, 5.74) is -0.421. The van der Waals surface area contributed by atoms with Crippen LogP contribution in [0.4, 0.5) is 0 Å². The lowest BCUT2D eigenvalue weighted by atomic mass is 9.91. The summed E-state index contributed by atoms with van der Waals surface area (Å²) in [4.78, 5) is 11.8. The van der Waals surface area contributed by atoms with Gasteiger partial charge in [0.25, 0.3) is 0 Å². The quantitative estimate of drug-likeness (QED) is 0.720. The highest BCUT2D eigenvalue weighted by atomic mass is 16.3. The molecule has 0 saturated carbocycles. The van der Waals surface area contributed by atoms with Crippen LogP contribution in [0.3, 0.4) is 0 Å². The molecule has 0 radical (unpaired) electrons. The second kappa shape index (κ2) is 6.49. The van der Waals surface area contributed by atoms with Crippen LogP contribution in [0, 0.1) is 23.2 Å². The number of carbonyl (C=O) groups is 1. The van der Waals surface area contributed by atoms with Gasteiger partial charge in [0.2, 0.25) is 5.91 Å². The number of aliphatic hydroxyl groups excluding tert-OH is 1. The Hall–Kier alpha value is -1.08. The molecule has 1 amide bonds. The van der Waals surface area contributed by atoms with E-state index in [0.29, 0.717) is 6.42 Å². The summed E-state index contributed by atoms with van der Waals surface area (Å²) < 4.78 is 0. The van der Waals surface area contributed by atoms with Gasteiger partial charge in [-0.1, -0.05) is 20.8 Å². The van der Waals surface area contributed by atoms with Crippen molar-refractivity contribution in [3.8, 4) is 6.07 Å². The molecule has 0 aliphatic carbocycles. The van der Waals surface area contributed by atoms with E-state index < -0.39 is 11.5 Å². The van der Waals surface area contributed by atoms with Gasteiger partial charge in [-0.05, 0) is 25.7 Å². The van der Waals surface area contributed by atoms with Crippen molar-refractivity contribution in [2.24, 2.45) is 11.8 Å². The molecular weight excluding hydrogens is 204 g/mol. The largest absolute Gasteiger partial charge is 0.396 e. The maximum atomic E-state index is 11.8. The zero-order valence-electron chi connectivity index (χ0n) is 10.6. The third-order valence-electron chi connectivity index (χ3n) is 2.96. The van der Waals surface area contributed by atoms with Crippen molar-refractivity contribution in [3.63, 3.8) is 0 Å². The maximum absolute atomic E-state index is 11.8. The van der Waals surface area contributed by atoms with Gasteiger partial charge in [-0.3, -0.25) is 4.79 Å². The highest BCUT2D eigenvalue weighted by molar-refractivity contribution is 5.82. The fraction of sp³-hybridized carbons (Fsp3) is 0.833. The first kappa shape index (κ1) is 14.9. The summed E-state index contributed by atoms with van der Waals surface area (Å²) in [6.07, 6.45) is 1.24. The Labute approximate surface area is 97.7 Å². The Morgan fingerprint density at radius 3 is 2.44 bits per heavy atom. The van der Waals surface area contributed by atoms with Crippen LogP contribution in [0.1, 0.15) is 40.5 Å². The van der Waals surface area contributed by atoms with Crippen molar-refractivity contribution in [1.82, 2.24) is 5.32 Å². The molecule has 0 aromatic heterocycles. The second-order valence-corrected chi connectivity index (χ2v) is 4.73. The van der Waals surface area contributed by atoms with Crippen LogP contribution in [-0.4, -0.2) is 23.2 Å². The molecule has 0 aromatic rings. The van der Waals surface area contributed by atoms with E-state index in [0.717, 1.165) is 6.42 Å². The first-order valence-corrected chi connectivity index (χ1v) is 5.72. The van der Waals surface area contributed by atoms with Gasteiger partial charge < -0.3 is 10.4 Å². The van der Waals surface area contributed by atoms with E-state index in [-0.39, 0.29) is 18.4 Å². The van der Waals surface area contributed by atoms with Gasteiger partial charge in [-0.15, -0.1) is 0 Å². The van der Waals surface area contributed by atoms with Crippen molar-refractivity contribution in [1.29, 1.82) is 5.26 Å². The summed E-state index contributed by atoms with van der Waals surface area (Å²) in [6.45, 7) is 7.57. The number of nitrogens with zero attached hydrogens (tertiary/aromatic N) is 1. The smallest absolute Gasteiger partial charge is 0.238 e. The van der Waals surface area contributed by atoms with Crippen LogP contribution in [0.2, 0.25) is 0 Å². The molecule has 0 spiro atoms. The Kier molecular flexibility index (Phi) is 6.05. The SMILES string of the molecule is CCC(C)(CCO)NC(=O)C(C#N)C(C)C. The number of nitrogens with one attached hydrogen (secondary N) is 1. The van der Waals surface area contributed by atoms with Gasteiger partial charge in [0.05, 0.1) is 6.07 Å². The predicted molar refractivity (Wildman–Crippen MR) is 62.5 cm³/mol. The molecule has 2 unspecified atom stereocenters. The molecule has 0 aliphatic heterocycles. The van der Waals surface area contributed by atoms with Crippen LogP contribution < -0.4 is 5.32 Å². The summed E-state index contributed by atoms with van der Waals surface area (Å²) >= 11 is 0. The van der Waals surface area contributed by atoms with Gasteiger partial charge in [-0.2, -0.15) is 5.26 Å².